The first kappa shape index (κ1) is 17.6. The van der Waals surface area contributed by atoms with Crippen LogP contribution in [0.15, 0.2) is 53.6 Å². The Morgan fingerprint density at radius 1 is 1.07 bits per heavy atom. The van der Waals surface area contributed by atoms with Crippen molar-refractivity contribution >= 4 is 43.4 Å². The normalized spacial score (nSPS) is 21.2. The number of hydrogen-bond donors (Lipinski definition) is 1. The van der Waals surface area contributed by atoms with E-state index in [2.05, 4.69) is 16.9 Å². The van der Waals surface area contributed by atoms with E-state index in [4.69, 9.17) is 11.6 Å². The van der Waals surface area contributed by atoms with E-state index in [0.29, 0.717) is 22.6 Å². The van der Waals surface area contributed by atoms with Gasteiger partial charge in [-0.2, -0.15) is 0 Å². The van der Waals surface area contributed by atoms with Crippen LogP contribution in [0.5, 0.6) is 0 Å². The fraction of sp³-hybridized carbons (Fsp3) is 0.273. The zero-order valence-corrected chi connectivity index (χ0v) is 17.5. The fourth-order valence-electron chi connectivity index (χ4n) is 5.16. The first-order valence-corrected chi connectivity index (χ1v) is 11.7. The van der Waals surface area contributed by atoms with Crippen molar-refractivity contribution in [2.75, 3.05) is 0 Å². The van der Waals surface area contributed by atoms with Crippen molar-refractivity contribution < 1.29 is 8.42 Å². The molecule has 6 rings (SSSR count). The van der Waals surface area contributed by atoms with Gasteiger partial charge in [-0.25, -0.2) is 12.4 Å². The topological polar surface area (TPSA) is 56.0 Å². The Kier molecular flexibility index (Phi) is 3.56. The van der Waals surface area contributed by atoms with Crippen molar-refractivity contribution in [3.05, 3.63) is 64.9 Å². The molecular weight excluding hydrogens is 406 g/mol. The lowest BCUT2D eigenvalue weighted by atomic mass is 9.99. The first-order chi connectivity index (χ1) is 13.9. The second-order valence-electron chi connectivity index (χ2n) is 8.09. The third-order valence-corrected chi connectivity index (χ3v) is 8.52. The molecule has 2 aliphatic heterocycles. The second-order valence-corrected chi connectivity index (χ2v) is 10.3. The minimum Gasteiger partial charge on any atom is -0.347 e. The number of aromatic nitrogens is 2. The van der Waals surface area contributed by atoms with Crippen molar-refractivity contribution in [3.8, 4) is 0 Å². The molecule has 0 spiro atoms. The van der Waals surface area contributed by atoms with E-state index >= 15 is 0 Å². The van der Waals surface area contributed by atoms with E-state index in [0.717, 1.165) is 29.1 Å². The highest BCUT2D eigenvalue weighted by molar-refractivity contribution is 7.90. The molecule has 2 aromatic carbocycles. The average Bonchev–Trinajstić information content (AvgIpc) is 3.36. The molecule has 1 saturated heterocycles. The van der Waals surface area contributed by atoms with Gasteiger partial charge < -0.3 is 9.88 Å². The highest BCUT2D eigenvalue weighted by Crippen LogP contribution is 2.42. The van der Waals surface area contributed by atoms with Crippen LogP contribution < -0.4 is 5.32 Å². The van der Waals surface area contributed by atoms with Gasteiger partial charge in [0, 0.05) is 53.7 Å². The van der Waals surface area contributed by atoms with Crippen LogP contribution in [0.4, 0.5) is 0 Å². The first-order valence-electron chi connectivity index (χ1n) is 9.83. The molecule has 0 aliphatic carbocycles. The summed E-state index contributed by atoms with van der Waals surface area (Å²) in [5.74, 6) is 0. The van der Waals surface area contributed by atoms with Gasteiger partial charge in [-0.05, 0) is 42.7 Å². The van der Waals surface area contributed by atoms with E-state index < -0.39 is 10.0 Å². The maximum Gasteiger partial charge on any atom is 0.268 e. The standard InChI is InChI=1S/C22H20ClN3O2S/c1-25-19-9-7-14(11-16(19)22-18-8-6-13(24-18)10-21(22)25)29(27,28)26-12-17(23)15-4-2-3-5-20(15)26/h2-5,7,9,11-13,18,24H,6,8,10H2,1H3. The smallest absolute Gasteiger partial charge is 0.268 e. The number of halogens is 1. The van der Waals surface area contributed by atoms with Gasteiger partial charge in [-0.3, -0.25) is 0 Å². The molecule has 4 heterocycles. The van der Waals surface area contributed by atoms with Gasteiger partial charge in [0.25, 0.3) is 10.0 Å². The van der Waals surface area contributed by atoms with Crippen LogP contribution in [0.25, 0.3) is 21.8 Å². The molecule has 2 bridgehead atoms. The Balaban J connectivity index is 1.58. The van der Waals surface area contributed by atoms with Crippen molar-refractivity contribution in [1.82, 2.24) is 13.9 Å². The number of para-hydroxylation sites is 1. The Morgan fingerprint density at radius 3 is 2.76 bits per heavy atom. The zero-order valence-electron chi connectivity index (χ0n) is 15.9. The summed E-state index contributed by atoms with van der Waals surface area (Å²) in [4.78, 5) is 0.288. The quantitative estimate of drug-likeness (QED) is 0.518. The predicted molar refractivity (Wildman–Crippen MR) is 115 cm³/mol. The lowest BCUT2D eigenvalue weighted by Gasteiger charge is -2.23. The molecule has 1 fully saturated rings. The molecule has 148 valence electrons. The number of nitrogens with zero attached hydrogens (tertiary/aromatic N) is 2. The van der Waals surface area contributed by atoms with Crippen molar-refractivity contribution in [2.45, 2.75) is 36.2 Å². The summed E-state index contributed by atoms with van der Waals surface area (Å²) < 4.78 is 30.6. The number of aryl methyl sites for hydroxylation is 1. The van der Waals surface area contributed by atoms with Gasteiger partial charge in [0.2, 0.25) is 0 Å². The van der Waals surface area contributed by atoms with Gasteiger partial charge in [0.05, 0.1) is 15.4 Å². The maximum absolute atomic E-state index is 13.5. The summed E-state index contributed by atoms with van der Waals surface area (Å²) >= 11 is 6.31. The number of nitrogens with one attached hydrogen (secondary N) is 1. The van der Waals surface area contributed by atoms with Crippen LogP contribution in [0.2, 0.25) is 5.02 Å². The maximum atomic E-state index is 13.5. The summed E-state index contributed by atoms with van der Waals surface area (Å²) in [6.45, 7) is 0. The van der Waals surface area contributed by atoms with Crippen molar-refractivity contribution in [1.29, 1.82) is 0 Å². The van der Waals surface area contributed by atoms with Crippen molar-refractivity contribution in [3.63, 3.8) is 0 Å². The highest BCUT2D eigenvalue weighted by Gasteiger charge is 2.36. The van der Waals surface area contributed by atoms with Crippen molar-refractivity contribution in [2.24, 2.45) is 7.05 Å². The summed E-state index contributed by atoms with van der Waals surface area (Å²) in [6.07, 6.45) is 4.77. The van der Waals surface area contributed by atoms with Crippen LogP contribution in [-0.4, -0.2) is 23.0 Å². The van der Waals surface area contributed by atoms with Gasteiger partial charge in [0.1, 0.15) is 0 Å². The molecular formula is C22H20ClN3O2S. The minimum atomic E-state index is -3.76. The summed E-state index contributed by atoms with van der Waals surface area (Å²) in [6, 6.07) is 13.6. The fourth-order valence-corrected chi connectivity index (χ4v) is 6.88. The van der Waals surface area contributed by atoms with Gasteiger partial charge in [-0.1, -0.05) is 29.8 Å². The minimum absolute atomic E-state index is 0.288. The Hall–Kier alpha value is -2.28. The SMILES string of the molecule is Cn1c2c(c3cc(S(=O)(=O)n4cc(Cl)c5ccccc54)ccc31)C1CCC(C2)N1. The number of fused-ring (bicyclic) bond motifs is 7. The molecule has 2 unspecified atom stereocenters. The van der Waals surface area contributed by atoms with Crippen LogP contribution >= 0.6 is 11.6 Å². The molecule has 7 heteroatoms. The molecule has 2 aromatic heterocycles. The van der Waals surface area contributed by atoms with Crippen LogP contribution in [0.1, 0.15) is 30.1 Å². The second kappa shape index (κ2) is 5.88. The molecule has 4 aromatic rings. The third-order valence-electron chi connectivity index (χ3n) is 6.55. The Labute approximate surface area is 173 Å². The molecule has 0 amide bonds. The molecule has 0 saturated carbocycles. The monoisotopic (exact) mass is 425 g/mol. The van der Waals surface area contributed by atoms with E-state index in [9.17, 15) is 8.42 Å². The molecule has 2 atom stereocenters. The summed E-state index contributed by atoms with van der Waals surface area (Å²) in [5, 5.41) is 5.88. The van der Waals surface area contributed by atoms with Crippen LogP contribution in [0.3, 0.4) is 0 Å². The molecule has 29 heavy (non-hydrogen) atoms. The predicted octanol–water partition coefficient (Wildman–Crippen LogP) is 4.37. The van der Waals surface area contributed by atoms with Gasteiger partial charge in [0.15, 0.2) is 0 Å². The molecule has 0 radical (unpaired) electrons. The number of rotatable bonds is 2. The number of benzene rings is 2. The lowest BCUT2D eigenvalue weighted by molar-refractivity contribution is 0.503. The molecule has 2 aliphatic rings. The van der Waals surface area contributed by atoms with E-state index in [1.54, 1.807) is 12.1 Å². The van der Waals surface area contributed by atoms with Gasteiger partial charge in [-0.15, -0.1) is 0 Å². The van der Waals surface area contributed by atoms with Crippen LogP contribution in [0, 0.1) is 0 Å². The van der Waals surface area contributed by atoms with E-state index in [1.165, 1.54) is 27.8 Å². The van der Waals surface area contributed by atoms with E-state index in [1.807, 2.05) is 30.3 Å². The van der Waals surface area contributed by atoms with E-state index in [-0.39, 0.29) is 4.90 Å². The van der Waals surface area contributed by atoms with Crippen LogP contribution in [-0.2, 0) is 23.5 Å². The average molecular weight is 426 g/mol. The highest BCUT2D eigenvalue weighted by atomic mass is 35.5. The molecule has 5 nitrogen and oxygen atoms in total. The largest absolute Gasteiger partial charge is 0.347 e. The summed E-state index contributed by atoms with van der Waals surface area (Å²) in [5.41, 5.74) is 4.27. The Morgan fingerprint density at radius 2 is 1.90 bits per heavy atom. The third kappa shape index (κ3) is 2.34. The zero-order chi connectivity index (χ0) is 19.9. The molecule has 1 N–H and O–H groups in total. The summed E-state index contributed by atoms with van der Waals surface area (Å²) in [7, 11) is -1.68. The lowest BCUT2D eigenvalue weighted by Crippen LogP contribution is -2.32. The Bertz CT molecular complexity index is 1420. The number of hydrogen-bond acceptors (Lipinski definition) is 3. The van der Waals surface area contributed by atoms with Gasteiger partial charge >= 0.3 is 0 Å².